The Morgan fingerprint density at radius 2 is 1.59 bits per heavy atom. The van der Waals surface area contributed by atoms with Crippen LogP contribution in [0.15, 0.2) is 89.8 Å². The number of unbranched alkanes of at least 4 members (excludes halogenated alkanes) is 2. The van der Waals surface area contributed by atoms with Crippen LogP contribution in [-0.2, 0) is 20.9 Å². The Balaban J connectivity index is 1.27. The summed E-state index contributed by atoms with van der Waals surface area (Å²) in [6, 6.07) is 26.6. The average Bonchev–Trinajstić information content (AvgIpc) is 3.23. The molecule has 8 heteroatoms. The first kappa shape index (κ1) is 28.3. The lowest BCUT2D eigenvalue weighted by molar-refractivity contribution is -0.122. The molecule has 1 fully saturated rings. The van der Waals surface area contributed by atoms with E-state index in [4.69, 9.17) is 17.0 Å². The molecular formula is C31H30N2O4S2. The van der Waals surface area contributed by atoms with E-state index in [1.807, 2.05) is 65.6 Å². The van der Waals surface area contributed by atoms with Crippen molar-refractivity contribution in [3.63, 3.8) is 0 Å². The molecule has 0 atom stereocenters. The highest BCUT2D eigenvalue weighted by atomic mass is 32.2. The van der Waals surface area contributed by atoms with Gasteiger partial charge in [0.25, 0.3) is 5.91 Å². The zero-order valence-electron chi connectivity index (χ0n) is 21.7. The second-order valence-corrected chi connectivity index (χ2v) is 10.7. The van der Waals surface area contributed by atoms with Gasteiger partial charge in [0, 0.05) is 18.7 Å². The Labute approximate surface area is 238 Å². The number of nitrogens with zero attached hydrogens (tertiary/aromatic N) is 2. The number of carbonyl (C=O) groups is 3. The van der Waals surface area contributed by atoms with Gasteiger partial charge in [-0.2, -0.15) is 0 Å². The van der Waals surface area contributed by atoms with Crippen LogP contribution in [0.4, 0.5) is 5.69 Å². The van der Waals surface area contributed by atoms with Crippen molar-refractivity contribution in [1.82, 2.24) is 4.90 Å². The summed E-state index contributed by atoms with van der Waals surface area (Å²) in [6.07, 6.45) is 4.51. The monoisotopic (exact) mass is 558 g/mol. The number of benzene rings is 3. The van der Waals surface area contributed by atoms with Gasteiger partial charge in [-0.1, -0.05) is 91.1 Å². The number of amides is 2. The molecular weight excluding hydrogens is 528 g/mol. The van der Waals surface area contributed by atoms with E-state index in [-0.39, 0.29) is 11.8 Å². The molecule has 200 valence electrons. The summed E-state index contributed by atoms with van der Waals surface area (Å²) in [6.45, 7) is 1.04. The van der Waals surface area contributed by atoms with Gasteiger partial charge < -0.3 is 9.64 Å². The van der Waals surface area contributed by atoms with E-state index in [9.17, 15) is 14.4 Å². The van der Waals surface area contributed by atoms with Gasteiger partial charge in [0.1, 0.15) is 4.32 Å². The fraction of sp³-hybridized carbons (Fsp3) is 0.226. The van der Waals surface area contributed by atoms with Gasteiger partial charge >= 0.3 is 5.97 Å². The summed E-state index contributed by atoms with van der Waals surface area (Å²) in [5.41, 5.74) is 3.22. The lowest BCUT2D eigenvalue weighted by atomic mass is 10.1. The van der Waals surface area contributed by atoms with Crippen LogP contribution in [0.3, 0.4) is 0 Å². The molecule has 0 spiro atoms. The second kappa shape index (κ2) is 13.9. The minimum Gasteiger partial charge on any atom is -0.465 e. The second-order valence-electron chi connectivity index (χ2n) is 9.06. The van der Waals surface area contributed by atoms with E-state index in [0.717, 1.165) is 36.1 Å². The van der Waals surface area contributed by atoms with Crippen LogP contribution in [0, 0.1) is 0 Å². The van der Waals surface area contributed by atoms with Gasteiger partial charge in [0.2, 0.25) is 5.91 Å². The third-order valence-electron chi connectivity index (χ3n) is 6.33. The van der Waals surface area contributed by atoms with Crippen LogP contribution in [0.25, 0.3) is 6.08 Å². The first-order chi connectivity index (χ1) is 19.0. The Kier molecular flexibility index (Phi) is 10.1. The Bertz CT molecular complexity index is 1340. The van der Waals surface area contributed by atoms with Crippen molar-refractivity contribution in [2.45, 2.75) is 32.2 Å². The molecule has 0 aliphatic carbocycles. The number of para-hydroxylation sites is 1. The number of hydrogen-bond donors (Lipinski definition) is 0. The van der Waals surface area contributed by atoms with E-state index in [1.54, 1.807) is 35.2 Å². The summed E-state index contributed by atoms with van der Waals surface area (Å²) in [7, 11) is 1.34. The van der Waals surface area contributed by atoms with E-state index in [1.165, 1.54) is 18.9 Å². The molecule has 3 aromatic rings. The van der Waals surface area contributed by atoms with Crippen molar-refractivity contribution in [3.05, 3.63) is 107 Å². The van der Waals surface area contributed by atoms with Crippen molar-refractivity contribution in [1.29, 1.82) is 0 Å². The molecule has 1 heterocycles. The van der Waals surface area contributed by atoms with Crippen LogP contribution in [0.5, 0.6) is 0 Å². The zero-order valence-corrected chi connectivity index (χ0v) is 23.4. The number of rotatable bonds is 11. The van der Waals surface area contributed by atoms with E-state index < -0.39 is 5.97 Å². The average molecular weight is 559 g/mol. The maximum absolute atomic E-state index is 13.2. The fourth-order valence-corrected chi connectivity index (χ4v) is 5.54. The van der Waals surface area contributed by atoms with Crippen molar-refractivity contribution >= 4 is 57.8 Å². The van der Waals surface area contributed by atoms with Crippen LogP contribution in [-0.4, -0.2) is 40.7 Å². The standard InChI is InChI=1S/C31H30N2O4S2/c1-37-30(36)25-18-16-23(17-19-25)21-27-29(35)32(31(38)39-27)20-10-4-9-15-28(34)33(26-13-7-3-8-14-26)22-24-11-5-2-6-12-24/h2-3,5-8,11-14,16-19,21H,4,9-10,15,20,22H2,1H3. The van der Waals surface area contributed by atoms with Crippen molar-refractivity contribution < 1.29 is 19.1 Å². The molecule has 0 unspecified atom stereocenters. The predicted molar refractivity (Wildman–Crippen MR) is 160 cm³/mol. The molecule has 6 nitrogen and oxygen atoms in total. The van der Waals surface area contributed by atoms with Gasteiger partial charge in [-0.05, 0) is 54.3 Å². The van der Waals surface area contributed by atoms with Gasteiger partial charge in [-0.25, -0.2) is 4.79 Å². The minimum absolute atomic E-state index is 0.0804. The predicted octanol–water partition coefficient (Wildman–Crippen LogP) is 6.47. The molecule has 39 heavy (non-hydrogen) atoms. The molecule has 0 aromatic heterocycles. The highest BCUT2D eigenvalue weighted by Crippen LogP contribution is 2.33. The molecule has 0 N–H and O–H groups in total. The molecule has 1 saturated heterocycles. The minimum atomic E-state index is -0.404. The molecule has 1 aliphatic heterocycles. The lowest BCUT2D eigenvalue weighted by Gasteiger charge is -2.23. The lowest BCUT2D eigenvalue weighted by Crippen LogP contribution is -2.30. The molecule has 2 amide bonds. The first-order valence-electron chi connectivity index (χ1n) is 12.8. The smallest absolute Gasteiger partial charge is 0.337 e. The third-order valence-corrected chi connectivity index (χ3v) is 7.71. The topological polar surface area (TPSA) is 66.9 Å². The van der Waals surface area contributed by atoms with Crippen LogP contribution in [0.2, 0.25) is 0 Å². The number of thiocarbonyl (C=S) groups is 1. The Hall–Kier alpha value is -3.75. The molecule has 0 radical (unpaired) electrons. The normalized spacial score (nSPS) is 14.1. The van der Waals surface area contributed by atoms with Crippen LogP contribution >= 0.6 is 24.0 Å². The maximum atomic E-state index is 13.2. The van der Waals surface area contributed by atoms with Gasteiger partial charge in [-0.15, -0.1) is 0 Å². The van der Waals surface area contributed by atoms with E-state index >= 15 is 0 Å². The van der Waals surface area contributed by atoms with Gasteiger partial charge in [-0.3, -0.25) is 14.5 Å². The van der Waals surface area contributed by atoms with Crippen LogP contribution in [0.1, 0.15) is 47.2 Å². The largest absolute Gasteiger partial charge is 0.465 e. The third kappa shape index (κ3) is 7.65. The number of thioether (sulfide) groups is 1. The molecule has 1 aliphatic rings. The van der Waals surface area contributed by atoms with Crippen molar-refractivity contribution in [2.24, 2.45) is 0 Å². The summed E-state index contributed by atoms with van der Waals surface area (Å²) in [4.78, 5) is 41.8. The number of anilines is 1. The van der Waals surface area contributed by atoms with Gasteiger partial charge in [0.05, 0.1) is 24.1 Å². The van der Waals surface area contributed by atoms with Gasteiger partial charge in [0.15, 0.2) is 0 Å². The summed E-state index contributed by atoms with van der Waals surface area (Å²) < 4.78 is 5.26. The summed E-state index contributed by atoms with van der Waals surface area (Å²) in [5, 5.41) is 0. The maximum Gasteiger partial charge on any atom is 0.337 e. The molecule has 0 saturated carbocycles. The van der Waals surface area contributed by atoms with Crippen LogP contribution < -0.4 is 4.90 Å². The number of hydrogen-bond acceptors (Lipinski definition) is 6. The fourth-order valence-electron chi connectivity index (χ4n) is 4.23. The number of esters is 1. The molecule has 0 bridgehead atoms. The SMILES string of the molecule is COC(=O)c1ccc(C=C2SC(=S)N(CCCCCC(=O)N(Cc3ccccc3)c3ccccc3)C2=O)cc1. The Morgan fingerprint density at radius 3 is 2.26 bits per heavy atom. The van der Waals surface area contributed by atoms with E-state index in [0.29, 0.717) is 34.3 Å². The van der Waals surface area contributed by atoms with E-state index in [2.05, 4.69) is 0 Å². The van der Waals surface area contributed by atoms with Crippen molar-refractivity contribution in [3.8, 4) is 0 Å². The highest BCUT2D eigenvalue weighted by molar-refractivity contribution is 8.26. The quantitative estimate of drug-likeness (QED) is 0.116. The first-order valence-corrected chi connectivity index (χ1v) is 14.0. The highest BCUT2D eigenvalue weighted by Gasteiger charge is 2.31. The summed E-state index contributed by atoms with van der Waals surface area (Å²) >= 11 is 6.74. The Morgan fingerprint density at radius 1 is 0.923 bits per heavy atom. The summed E-state index contributed by atoms with van der Waals surface area (Å²) in [5.74, 6) is -0.438. The number of carbonyl (C=O) groups excluding carboxylic acids is 3. The zero-order chi connectivity index (χ0) is 27.6. The van der Waals surface area contributed by atoms with Crippen molar-refractivity contribution in [2.75, 3.05) is 18.6 Å². The number of methoxy groups -OCH3 is 1. The number of ether oxygens (including phenoxy) is 1. The molecule has 4 rings (SSSR count). The molecule has 3 aromatic carbocycles.